The molecule has 7 atom stereocenters. The van der Waals surface area contributed by atoms with Gasteiger partial charge in [0.05, 0.1) is 24.7 Å². The molecule has 5 aliphatic rings. The van der Waals surface area contributed by atoms with Gasteiger partial charge in [-0.15, -0.1) is 0 Å². The topological polar surface area (TPSA) is 59.1 Å². The van der Waals surface area contributed by atoms with Gasteiger partial charge in [0.15, 0.2) is 0 Å². The van der Waals surface area contributed by atoms with Gasteiger partial charge in [-0.3, -0.25) is 4.79 Å². The Morgan fingerprint density at radius 1 is 1.08 bits per heavy atom. The van der Waals surface area contributed by atoms with Crippen LogP contribution in [0.1, 0.15) is 71.6 Å². The Labute approximate surface area is 150 Å². The lowest BCUT2D eigenvalue weighted by Gasteiger charge is -2.63. The van der Waals surface area contributed by atoms with Crippen molar-refractivity contribution < 1.29 is 19.4 Å². The van der Waals surface area contributed by atoms with E-state index in [4.69, 9.17) is 9.47 Å². The molecule has 4 aliphatic carbocycles. The van der Waals surface area contributed by atoms with Crippen molar-refractivity contribution in [3.63, 3.8) is 0 Å². The summed E-state index contributed by atoms with van der Waals surface area (Å²) in [4.78, 5) is 12.7. The first kappa shape index (κ1) is 16.6. The summed E-state index contributed by atoms with van der Waals surface area (Å²) in [5.41, 5.74) is -0.758. The third-order valence-corrected chi connectivity index (χ3v) is 9.56. The summed E-state index contributed by atoms with van der Waals surface area (Å²) in [6.45, 7) is 5.35. The molecule has 4 saturated carbocycles. The molecule has 140 valence electrons. The lowest BCUT2D eigenvalue weighted by Crippen LogP contribution is -2.59. The molecule has 2 spiro atoms. The van der Waals surface area contributed by atoms with Crippen molar-refractivity contribution in [1.82, 2.24) is 0 Å². The van der Waals surface area contributed by atoms with E-state index >= 15 is 0 Å². The highest BCUT2D eigenvalue weighted by Crippen LogP contribution is 2.75. The van der Waals surface area contributed by atoms with E-state index in [1.807, 2.05) is 0 Å². The zero-order chi connectivity index (χ0) is 17.7. The fourth-order valence-electron chi connectivity index (χ4n) is 8.52. The van der Waals surface area contributed by atoms with Crippen molar-refractivity contribution in [3.8, 4) is 0 Å². The number of carbonyl (C=O) groups excluding carboxylic acids is 1. The maximum Gasteiger partial charge on any atom is 0.311 e. The summed E-state index contributed by atoms with van der Waals surface area (Å²) in [5.74, 6) is 0.992. The molecule has 1 N–H and O–H groups in total. The number of epoxide rings is 1. The molecule has 5 rings (SSSR count). The molecule has 1 saturated heterocycles. The van der Waals surface area contributed by atoms with Gasteiger partial charge >= 0.3 is 5.97 Å². The van der Waals surface area contributed by atoms with Gasteiger partial charge in [-0.05, 0) is 81.0 Å². The number of hydrogen-bond acceptors (Lipinski definition) is 4. The van der Waals surface area contributed by atoms with Gasteiger partial charge in [-0.1, -0.05) is 13.3 Å². The predicted octanol–water partition coefficient (Wildman–Crippen LogP) is 3.46. The molecule has 2 bridgehead atoms. The van der Waals surface area contributed by atoms with E-state index in [-0.39, 0.29) is 27.8 Å². The summed E-state index contributed by atoms with van der Waals surface area (Å²) in [6, 6.07) is 0. The lowest BCUT2D eigenvalue weighted by molar-refractivity contribution is -0.189. The third-order valence-electron chi connectivity index (χ3n) is 9.56. The minimum atomic E-state index is -0.590. The van der Waals surface area contributed by atoms with E-state index in [2.05, 4.69) is 13.8 Å². The summed E-state index contributed by atoms with van der Waals surface area (Å²) in [5, 5.41) is 11.3. The standard InChI is InChI=1S/C21H32O4/c1-17-7-4-8-18(2,16(22)24-3)14(17)5-9-19-11-20(23,10-6-15(17)19)21(12-19)13-25-21/h14-15,23H,4-13H2,1-3H3/t14-,15-,17?,18+,19?,20?,21-/m0/s1. The summed E-state index contributed by atoms with van der Waals surface area (Å²) >= 11 is 0. The number of rotatable bonds is 1. The van der Waals surface area contributed by atoms with Gasteiger partial charge in [-0.2, -0.15) is 0 Å². The van der Waals surface area contributed by atoms with Gasteiger partial charge < -0.3 is 14.6 Å². The molecule has 5 fully saturated rings. The van der Waals surface area contributed by atoms with Gasteiger partial charge in [0.25, 0.3) is 0 Å². The first-order valence-electron chi connectivity index (χ1n) is 10.2. The summed E-state index contributed by atoms with van der Waals surface area (Å²) < 4.78 is 11.1. The van der Waals surface area contributed by atoms with Crippen LogP contribution in [0.25, 0.3) is 0 Å². The first-order valence-corrected chi connectivity index (χ1v) is 10.2. The predicted molar refractivity (Wildman–Crippen MR) is 92.8 cm³/mol. The van der Waals surface area contributed by atoms with Crippen molar-refractivity contribution >= 4 is 5.97 Å². The molecular formula is C21H32O4. The van der Waals surface area contributed by atoms with Crippen molar-refractivity contribution in [1.29, 1.82) is 0 Å². The molecule has 0 amide bonds. The highest BCUT2D eigenvalue weighted by Gasteiger charge is 2.76. The van der Waals surface area contributed by atoms with Gasteiger partial charge in [0, 0.05) is 0 Å². The minimum Gasteiger partial charge on any atom is -0.469 e. The SMILES string of the molecule is COC(=O)[C@]1(C)CCCC2(C)[C@@H]3CCC4(O)CC3(CC[C@@H]21)C[C@]41CO1. The maximum atomic E-state index is 12.7. The van der Waals surface area contributed by atoms with Crippen LogP contribution in [0.3, 0.4) is 0 Å². The van der Waals surface area contributed by atoms with E-state index in [1.165, 1.54) is 13.5 Å². The summed E-state index contributed by atoms with van der Waals surface area (Å²) in [7, 11) is 1.54. The second-order valence-corrected chi connectivity index (χ2v) is 10.5. The first-order chi connectivity index (χ1) is 11.7. The average Bonchev–Trinajstić information content (AvgIpc) is 3.31. The number of ether oxygens (including phenoxy) is 2. The Morgan fingerprint density at radius 2 is 1.80 bits per heavy atom. The zero-order valence-corrected chi connectivity index (χ0v) is 15.9. The Morgan fingerprint density at radius 3 is 2.48 bits per heavy atom. The van der Waals surface area contributed by atoms with Crippen molar-refractivity contribution in [3.05, 3.63) is 0 Å². The molecule has 0 aromatic rings. The van der Waals surface area contributed by atoms with Crippen LogP contribution in [0.2, 0.25) is 0 Å². The summed E-state index contributed by atoms with van der Waals surface area (Å²) in [6.07, 6.45) is 9.42. The highest BCUT2D eigenvalue weighted by molar-refractivity contribution is 5.77. The molecule has 0 aromatic heterocycles. The van der Waals surface area contributed by atoms with E-state index in [0.717, 1.165) is 58.0 Å². The Bertz CT molecular complexity index is 623. The molecule has 1 heterocycles. The highest BCUT2D eigenvalue weighted by atomic mass is 16.6. The molecule has 4 nitrogen and oxygen atoms in total. The third kappa shape index (κ3) is 1.79. The van der Waals surface area contributed by atoms with Crippen LogP contribution in [0.4, 0.5) is 0 Å². The number of fused-ring (bicyclic) bond motifs is 4. The molecule has 4 heteroatoms. The second-order valence-electron chi connectivity index (χ2n) is 10.5. The van der Waals surface area contributed by atoms with Crippen LogP contribution < -0.4 is 0 Å². The molecule has 0 radical (unpaired) electrons. The number of methoxy groups -OCH3 is 1. The minimum absolute atomic E-state index is 0.0138. The second kappa shape index (κ2) is 4.62. The fourth-order valence-corrected chi connectivity index (χ4v) is 8.52. The van der Waals surface area contributed by atoms with E-state index in [9.17, 15) is 9.90 Å². The number of esters is 1. The number of aliphatic hydroxyl groups is 1. The zero-order valence-electron chi connectivity index (χ0n) is 15.9. The van der Waals surface area contributed by atoms with Crippen molar-refractivity contribution in [2.75, 3.05) is 13.7 Å². The van der Waals surface area contributed by atoms with Crippen LogP contribution >= 0.6 is 0 Å². The van der Waals surface area contributed by atoms with Crippen LogP contribution in [0.15, 0.2) is 0 Å². The monoisotopic (exact) mass is 348 g/mol. The average molecular weight is 348 g/mol. The Hall–Kier alpha value is -0.610. The molecule has 1 aliphatic heterocycles. The van der Waals surface area contributed by atoms with Gasteiger partial charge in [0.1, 0.15) is 5.60 Å². The van der Waals surface area contributed by atoms with E-state index in [0.29, 0.717) is 11.8 Å². The lowest BCUT2D eigenvalue weighted by atomic mass is 9.41. The Kier molecular flexibility index (Phi) is 3.06. The van der Waals surface area contributed by atoms with Crippen LogP contribution in [0, 0.1) is 28.1 Å². The van der Waals surface area contributed by atoms with Gasteiger partial charge in [-0.25, -0.2) is 0 Å². The smallest absolute Gasteiger partial charge is 0.311 e. The van der Waals surface area contributed by atoms with E-state index in [1.54, 1.807) is 0 Å². The normalized spacial score (nSPS) is 59.2. The van der Waals surface area contributed by atoms with E-state index < -0.39 is 5.60 Å². The van der Waals surface area contributed by atoms with Crippen LogP contribution in [0.5, 0.6) is 0 Å². The quantitative estimate of drug-likeness (QED) is 0.582. The molecular weight excluding hydrogens is 316 g/mol. The van der Waals surface area contributed by atoms with Gasteiger partial charge in [0.2, 0.25) is 0 Å². The number of carbonyl (C=O) groups is 1. The molecule has 0 aromatic carbocycles. The number of hydrogen-bond donors (Lipinski definition) is 1. The van der Waals surface area contributed by atoms with Crippen LogP contribution in [-0.2, 0) is 14.3 Å². The van der Waals surface area contributed by atoms with Crippen molar-refractivity contribution in [2.45, 2.75) is 82.8 Å². The van der Waals surface area contributed by atoms with Crippen molar-refractivity contribution in [2.24, 2.45) is 28.1 Å². The molecule has 3 unspecified atom stereocenters. The van der Waals surface area contributed by atoms with Crippen LogP contribution in [-0.4, -0.2) is 36.0 Å². The largest absolute Gasteiger partial charge is 0.469 e. The maximum absolute atomic E-state index is 12.7. The fraction of sp³-hybridized carbons (Fsp3) is 0.952. The Balaban J connectivity index is 1.54. The molecule has 25 heavy (non-hydrogen) atoms.